The number of halogens is 4. The molecule has 0 heterocycles. The van der Waals surface area contributed by atoms with Crippen LogP contribution in [0, 0.1) is 11.6 Å². The highest BCUT2D eigenvalue weighted by Gasteiger charge is 2.17. The van der Waals surface area contributed by atoms with Crippen LogP contribution in [-0.2, 0) is 0 Å². The Morgan fingerprint density at radius 1 is 1.23 bits per heavy atom. The molecule has 0 aliphatic heterocycles. The third-order valence-corrected chi connectivity index (χ3v) is 2.17. The van der Waals surface area contributed by atoms with Crippen LogP contribution >= 0.6 is 23.2 Å². The number of hydrogen-bond donors (Lipinski definition) is 0. The average molecular weight is 226 g/mol. The maximum atomic E-state index is 13.3. The smallest absolute Gasteiger partial charge is 0.166 e. The second-order valence-electron chi connectivity index (χ2n) is 2.71. The highest BCUT2D eigenvalue weighted by molar-refractivity contribution is 6.35. The highest BCUT2D eigenvalue weighted by Crippen LogP contribution is 2.34. The van der Waals surface area contributed by atoms with Crippen molar-refractivity contribution < 1.29 is 8.78 Å². The zero-order valence-corrected chi connectivity index (χ0v) is 8.55. The molecule has 13 heavy (non-hydrogen) atoms. The standard InChI is InChI=1S/C8H7Cl2F2N/c1-13(2)8-6(10)5(11)3-4(9)7(8)12/h3H,1-2H3. The molecule has 0 N–H and O–H groups in total. The summed E-state index contributed by atoms with van der Waals surface area (Å²) in [6.45, 7) is 0. The summed E-state index contributed by atoms with van der Waals surface area (Å²) in [4.78, 5) is 1.37. The van der Waals surface area contributed by atoms with Gasteiger partial charge in [0.15, 0.2) is 5.82 Å². The molecule has 72 valence electrons. The van der Waals surface area contributed by atoms with E-state index in [4.69, 9.17) is 23.2 Å². The number of hydrogen-bond acceptors (Lipinski definition) is 1. The Morgan fingerprint density at radius 3 is 2.23 bits per heavy atom. The zero-order valence-electron chi connectivity index (χ0n) is 7.04. The van der Waals surface area contributed by atoms with Crippen LogP contribution in [0.2, 0.25) is 10.0 Å². The molecule has 1 nitrogen and oxygen atoms in total. The van der Waals surface area contributed by atoms with Gasteiger partial charge in [-0.25, -0.2) is 8.78 Å². The lowest BCUT2D eigenvalue weighted by Crippen LogP contribution is -2.12. The van der Waals surface area contributed by atoms with Crippen molar-refractivity contribution in [2.24, 2.45) is 0 Å². The van der Waals surface area contributed by atoms with Crippen molar-refractivity contribution in [3.8, 4) is 0 Å². The first-order valence-corrected chi connectivity index (χ1v) is 4.21. The zero-order chi connectivity index (χ0) is 10.2. The van der Waals surface area contributed by atoms with E-state index >= 15 is 0 Å². The first kappa shape index (κ1) is 10.5. The molecule has 1 aromatic carbocycles. The van der Waals surface area contributed by atoms with Crippen molar-refractivity contribution in [1.29, 1.82) is 0 Å². The molecule has 0 spiro atoms. The lowest BCUT2D eigenvalue weighted by molar-refractivity contribution is 0.600. The van der Waals surface area contributed by atoms with E-state index in [0.29, 0.717) is 0 Å². The van der Waals surface area contributed by atoms with E-state index < -0.39 is 11.6 Å². The molecule has 0 atom stereocenters. The number of benzene rings is 1. The Hall–Kier alpha value is -0.540. The molecule has 0 saturated heterocycles. The number of rotatable bonds is 1. The molecule has 0 fully saturated rings. The normalized spacial score (nSPS) is 10.3. The van der Waals surface area contributed by atoms with Crippen molar-refractivity contribution in [3.63, 3.8) is 0 Å². The van der Waals surface area contributed by atoms with Gasteiger partial charge in [0, 0.05) is 14.1 Å². The van der Waals surface area contributed by atoms with Crippen LogP contribution in [0.1, 0.15) is 0 Å². The molecule has 0 aliphatic carbocycles. The number of anilines is 1. The molecule has 0 bridgehead atoms. The molecule has 1 rings (SSSR count). The fourth-order valence-electron chi connectivity index (χ4n) is 0.953. The van der Waals surface area contributed by atoms with Gasteiger partial charge in [0.1, 0.15) is 10.8 Å². The van der Waals surface area contributed by atoms with E-state index in [-0.39, 0.29) is 15.7 Å². The fourth-order valence-corrected chi connectivity index (χ4v) is 1.45. The minimum atomic E-state index is -0.725. The van der Waals surface area contributed by atoms with Crippen molar-refractivity contribution in [3.05, 3.63) is 27.7 Å². The molecular weight excluding hydrogens is 219 g/mol. The van der Waals surface area contributed by atoms with Crippen LogP contribution in [0.3, 0.4) is 0 Å². The van der Waals surface area contributed by atoms with Crippen LogP contribution in [0.15, 0.2) is 6.07 Å². The summed E-state index contributed by atoms with van der Waals surface area (Å²) in [5, 5.41) is -0.530. The maximum absolute atomic E-state index is 13.3. The third-order valence-electron chi connectivity index (χ3n) is 1.54. The summed E-state index contributed by atoms with van der Waals surface area (Å²) < 4.78 is 26.2. The van der Waals surface area contributed by atoms with Crippen LogP contribution in [-0.4, -0.2) is 14.1 Å². The van der Waals surface area contributed by atoms with Gasteiger partial charge >= 0.3 is 0 Å². The van der Waals surface area contributed by atoms with E-state index in [1.807, 2.05) is 0 Å². The summed E-state index contributed by atoms with van der Waals surface area (Å²) in [6.07, 6.45) is 0. The van der Waals surface area contributed by atoms with E-state index in [1.54, 1.807) is 14.1 Å². The SMILES string of the molecule is CN(C)c1c(F)c(Cl)cc(F)c1Cl. The molecule has 0 saturated carbocycles. The van der Waals surface area contributed by atoms with Crippen molar-refractivity contribution in [2.45, 2.75) is 0 Å². The molecule has 0 aliphatic rings. The van der Waals surface area contributed by atoms with Crippen molar-refractivity contribution in [1.82, 2.24) is 0 Å². The van der Waals surface area contributed by atoms with Gasteiger partial charge in [0.2, 0.25) is 0 Å². The minimum Gasteiger partial charge on any atom is -0.374 e. The molecule has 0 aromatic heterocycles. The van der Waals surface area contributed by atoms with Gasteiger partial charge in [0.25, 0.3) is 0 Å². The number of nitrogens with zero attached hydrogens (tertiary/aromatic N) is 1. The van der Waals surface area contributed by atoms with Crippen LogP contribution in [0.5, 0.6) is 0 Å². The third kappa shape index (κ3) is 1.86. The van der Waals surface area contributed by atoms with Crippen LogP contribution in [0.4, 0.5) is 14.5 Å². The highest BCUT2D eigenvalue weighted by atomic mass is 35.5. The van der Waals surface area contributed by atoms with E-state index in [2.05, 4.69) is 0 Å². The van der Waals surface area contributed by atoms with Gasteiger partial charge in [-0.2, -0.15) is 0 Å². The van der Waals surface area contributed by atoms with Crippen LogP contribution in [0.25, 0.3) is 0 Å². The Kier molecular flexibility index (Phi) is 2.98. The summed E-state index contributed by atoms with van der Waals surface area (Å²) >= 11 is 11.0. The van der Waals surface area contributed by atoms with Gasteiger partial charge in [-0.3, -0.25) is 0 Å². The second kappa shape index (κ2) is 3.68. The summed E-state index contributed by atoms with van der Waals surface area (Å²) in [5.41, 5.74) is -0.0355. The van der Waals surface area contributed by atoms with E-state index in [0.717, 1.165) is 6.07 Å². The predicted molar refractivity (Wildman–Crippen MR) is 50.7 cm³/mol. The van der Waals surface area contributed by atoms with Crippen molar-refractivity contribution in [2.75, 3.05) is 19.0 Å². The second-order valence-corrected chi connectivity index (χ2v) is 3.50. The van der Waals surface area contributed by atoms with Gasteiger partial charge < -0.3 is 4.90 Å². The predicted octanol–water partition coefficient (Wildman–Crippen LogP) is 3.34. The first-order chi connectivity index (χ1) is 5.95. The topological polar surface area (TPSA) is 3.24 Å². The molecule has 1 aromatic rings. The van der Waals surface area contributed by atoms with Gasteiger partial charge in [-0.05, 0) is 6.07 Å². The largest absolute Gasteiger partial charge is 0.374 e. The maximum Gasteiger partial charge on any atom is 0.166 e. The Balaban J connectivity index is 3.46. The molecular formula is C8H7Cl2F2N. The van der Waals surface area contributed by atoms with Gasteiger partial charge in [-0.1, -0.05) is 23.2 Å². The average Bonchev–Trinajstić information content (AvgIpc) is 2.01. The van der Waals surface area contributed by atoms with Crippen molar-refractivity contribution >= 4 is 28.9 Å². The van der Waals surface area contributed by atoms with Gasteiger partial charge in [0.05, 0.1) is 10.7 Å². The lowest BCUT2D eigenvalue weighted by Gasteiger charge is -2.16. The Labute approximate surface area is 84.9 Å². The van der Waals surface area contributed by atoms with Crippen LogP contribution < -0.4 is 4.90 Å². The molecule has 0 radical (unpaired) electrons. The first-order valence-electron chi connectivity index (χ1n) is 3.45. The fraction of sp³-hybridized carbons (Fsp3) is 0.250. The molecule has 5 heteroatoms. The minimum absolute atomic E-state index is 0.0355. The lowest BCUT2D eigenvalue weighted by atomic mass is 10.3. The van der Waals surface area contributed by atoms with E-state index in [1.165, 1.54) is 4.90 Å². The quantitative estimate of drug-likeness (QED) is 0.663. The summed E-state index contributed by atoms with van der Waals surface area (Å²) in [6, 6.07) is 0.853. The monoisotopic (exact) mass is 225 g/mol. The van der Waals surface area contributed by atoms with Gasteiger partial charge in [-0.15, -0.1) is 0 Å². The summed E-state index contributed by atoms with van der Waals surface area (Å²) in [5.74, 6) is -1.44. The Bertz CT molecular complexity index is 313. The molecule has 0 amide bonds. The molecule has 0 unspecified atom stereocenters. The summed E-state index contributed by atoms with van der Waals surface area (Å²) in [7, 11) is 3.11. The van der Waals surface area contributed by atoms with E-state index in [9.17, 15) is 8.78 Å². The Morgan fingerprint density at radius 2 is 1.77 bits per heavy atom.